The van der Waals surface area contributed by atoms with E-state index in [1.54, 1.807) is 0 Å². The summed E-state index contributed by atoms with van der Waals surface area (Å²) in [5.41, 5.74) is 0. The Bertz CT molecular complexity index is 223. The molecule has 0 spiro atoms. The van der Waals surface area contributed by atoms with Gasteiger partial charge in [-0.3, -0.25) is 0 Å². The zero-order chi connectivity index (χ0) is 8.48. The third-order valence-corrected chi connectivity index (χ3v) is 6.81. The SMILES string of the molecule is CP(C)SC1CCS(=O)(=O)C1. The van der Waals surface area contributed by atoms with E-state index < -0.39 is 9.84 Å². The number of sulfone groups is 1. The molecule has 0 saturated carbocycles. The predicted octanol–water partition coefficient (Wildman–Crippen LogP) is 1.56. The highest BCUT2D eigenvalue weighted by Crippen LogP contribution is 2.47. The minimum absolute atomic E-state index is 0.000710. The highest BCUT2D eigenvalue weighted by atomic mass is 32.7. The van der Waals surface area contributed by atoms with E-state index in [0.29, 0.717) is 16.8 Å². The fourth-order valence-corrected chi connectivity index (χ4v) is 7.17. The molecule has 0 bridgehead atoms. The van der Waals surface area contributed by atoms with Crippen LogP contribution in [0.15, 0.2) is 0 Å². The molecule has 1 unspecified atom stereocenters. The Balaban J connectivity index is 2.43. The second-order valence-corrected chi connectivity index (χ2v) is 10.5. The molecule has 66 valence electrons. The minimum Gasteiger partial charge on any atom is -0.229 e. The van der Waals surface area contributed by atoms with Gasteiger partial charge in [0.15, 0.2) is 9.84 Å². The van der Waals surface area contributed by atoms with Crippen molar-refractivity contribution in [1.29, 1.82) is 0 Å². The first-order chi connectivity index (χ1) is 4.99. The van der Waals surface area contributed by atoms with E-state index >= 15 is 0 Å². The summed E-state index contributed by atoms with van der Waals surface area (Å²) in [4.78, 5) is 0. The molecule has 2 nitrogen and oxygen atoms in total. The van der Waals surface area contributed by atoms with Crippen molar-refractivity contribution in [3.8, 4) is 0 Å². The van der Waals surface area contributed by atoms with Gasteiger partial charge >= 0.3 is 0 Å². The van der Waals surface area contributed by atoms with E-state index in [1.165, 1.54) is 0 Å². The maximum atomic E-state index is 11.0. The molecule has 0 aromatic carbocycles. The summed E-state index contributed by atoms with van der Waals surface area (Å²) in [5.74, 6) is 0.825. The standard InChI is InChI=1S/C6H13O2PS2/c1-9(2)10-6-3-4-11(7,8)5-6/h6H,3-5H2,1-2H3. The summed E-state index contributed by atoms with van der Waals surface area (Å²) in [7, 11) is -2.65. The zero-order valence-corrected chi connectivity index (χ0v) is 9.31. The Labute approximate surface area is 73.6 Å². The van der Waals surface area contributed by atoms with Crippen molar-refractivity contribution in [2.75, 3.05) is 24.8 Å². The quantitative estimate of drug-likeness (QED) is 0.651. The van der Waals surface area contributed by atoms with Crippen molar-refractivity contribution in [3.05, 3.63) is 0 Å². The summed E-state index contributed by atoms with van der Waals surface area (Å²) in [6.07, 6.45) is 0.869. The van der Waals surface area contributed by atoms with Crippen LogP contribution in [0.5, 0.6) is 0 Å². The second kappa shape index (κ2) is 3.63. The molecule has 11 heavy (non-hydrogen) atoms. The van der Waals surface area contributed by atoms with Gasteiger partial charge < -0.3 is 0 Å². The van der Waals surface area contributed by atoms with Crippen LogP contribution in [0.2, 0.25) is 0 Å². The van der Waals surface area contributed by atoms with Gasteiger partial charge in [0.1, 0.15) is 0 Å². The van der Waals surface area contributed by atoms with Crippen LogP contribution in [-0.4, -0.2) is 38.5 Å². The van der Waals surface area contributed by atoms with Crippen LogP contribution in [0.3, 0.4) is 0 Å². The van der Waals surface area contributed by atoms with Crippen molar-refractivity contribution in [2.45, 2.75) is 11.7 Å². The van der Waals surface area contributed by atoms with Gasteiger partial charge in [-0.1, -0.05) is 7.12 Å². The van der Waals surface area contributed by atoms with Crippen LogP contribution in [0, 0.1) is 0 Å². The Morgan fingerprint density at radius 1 is 1.45 bits per heavy atom. The number of rotatable bonds is 2. The fourth-order valence-electron chi connectivity index (χ4n) is 1.14. The topological polar surface area (TPSA) is 34.1 Å². The smallest absolute Gasteiger partial charge is 0.151 e. The van der Waals surface area contributed by atoms with E-state index in [2.05, 4.69) is 13.3 Å². The molecular formula is C6H13O2PS2. The lowest BCUT2D eigenvalue weighted by atomic mass is 10.4. The Kier molecular flexibility index (Phi) is 3.24. The lowest BCUT2D eigenvalue weighted by Crippen LogP contribution is -2.05. The van der Waals surface area contributed by atoms with Crippen molar-refractivity contribution in [1.82, 2.24) is 0 Å². The van der Waals surface area contributed by atoms with Crippen molar-refractivity contribution >= 4 is 28.3 Å². The van der Waals surface area contributed by atoms with Gasteiger partial charge in [-0.05, 0) is 19.8 Å². The van der Waals surface area contributed by atoms with Crippen LogP contribution in [-0.2, 0) is 9.84 Å². The summed E-state index contributed by atoms with van der Waals surface area (Å²) < 4.78 is 22.0. The van der Waals surface area contributed by atoms with E-state index in [-0.39, 0.29) is 7.12 Å². The van der Waals surface area contributed by atoms with Crippen LogP contribution >= 0.6 is 18.5 Å². The van der Waals surface area contributed by atoms with E-state index in [9.17, 15) is 8.42 Å². The highest BCUT2D eigenvalue weighted by molar-refractivity contribution is 8.55. The fraction of sp³-hybridized carbons (Fsp3) is 1.00. The van der Waals surface area contributed by atoms with Crippen molar-refractivity contribution in [2.24, 2.45) is 0 Å². The Hall–Kier alpha value is 0.730. The van der Waals surface area contributed by atoms with Gasteiger partial charge in [-0.2, -0.15) is 0 Å². The summed E-state index contributed by atoms with van der Waals surface area (Å²) in [5, 5.41) is 0.390. The molecule has 1 atom stereocenters. The molecule has 1 saturated heterocycles. The average Bonchev–Trinajstić information content (AvgIpc) is 2.08. The third-order valence-electron chi connectivity index (χ3n) is 1.55. The molecule has 0 N–H and O–H groups in total. The average molecular weight is 212 g/mol. The molecule has 0 aliphatic carbocycles. The monoisotopic (exact) mass is 212 g/mol. The van der Waals surface area contributed by atoms with Crippen molar-refractivity contribution in [3.63, 3.8) is 0 Å². The number of hydrogen-bond acceptors (Lipinski definition) is 3. The maximum absolute atomic E-state index is 11.0. The molecule has 5 heteroatoms. The largest absolute Gasteiger partial charge is 0.229 e. The predicted molar refractivity (Wildman–Crippen MR) is 53.4 cm³/mol. The molecule has 1 aliphatic rings. The molecular weight excluding hydrogens is 199 g/mol. The molecule has 0 radical (unpaired) electrons. The van der Waals surface area contributed by atoms with Gasteiger partial charge in [-0.15, -0.1) is 11.4 Å². The Morgan fingerprint density at radius 3 is 2.45 bits per heavy atom. The number of hydrogen-bond donors (Lipinski definition) is 0. The highest BCUT2D eigenvalue weighted by Gasteiger charge is 2.28. The first kappa shape index (κ1) is 9.82. The molecule has 0 amide bonds. The lowest BCUT2D eigenvalue weighted by Gasteiger charge is -2.09. The molecule has 1 aliphatic heterocycles. The van der Waals surface area contributed by atoms with Crippen molar-refractivity contribution < 1.29 is 8.42 Å². The second-order valence-electron chi connectivity index (χ2n) is 2.94. The molecule has 0 aromatic rings. The lowest BCUT2D eigenvalue weighted by molar-refractivity contribution is 0.602. The summed E-state index contributed by atoms with van der Waals surface area (Å²) >= 11 is 1.85. The summed E-state index contributed by atoms with van der Waals surface area (Å²) in [6, 6.07) is 0. The van der Waals surface area contributed by atoms with Crippen LogP contribution in [0.1, 0.15) is 6.42 Å². The van der Waals surface area contributed by atoms with E-state index in [4.69, 9.17) is 0 Å². The first-order valence-corrected chi connectivity index (χ1v) is 9.08. The van der Waals surface area contributed by atoms with Gasteiger partial charge in [0, 0.05) is 5.25 Å². The van der Waals surface area contributed by atoms with Crippen LogP contribution in [0.25, 0.3) is 0 Å². The zero-order valence-electron chi connectivity index (χ0n) is 6.78. The van der Waals surface area contributed by atoms with Crippen LogP contribution < -0.4 is 0 Å². The molecule has 0 aromatic heterocycles. The first-order valence-electron chi connectivity index (χ1n) is 3.54. The van der Waals surface area contributed by atoms with E-state index in [1.807, 2.05) is 11.4 Å². The normalized spacial score (nSPS) is 29.5. The van der Waals surface area contributed by atoms with Gasteiger partial charge in [0.05, 0.1) is 11.5 Å². The van der Waals surface area contributed by atoms with Gasteiger partial charge in [-0.25, -0.2) is 8.42 Å². The Morgan fingerprint density at radius 2 is 2.09 bits per heavy atom. The summed E-state index contributed by atoms with van der Waals surface area (Å²) in [6.45, 7) is 4.34. The molecule has 1 rings (SSSR count). The van der Waals surface area contributed by atoms with Gasteiger partial charge in [0.2, 0.25) is 0 Å². The maximum Gasteiger partial charge on any atom is 0.151 e. The van der Waals surface area contributed by atoms with Gasteiger partial charge in [0.25, 0.3) is 0 Å². The van der Waals surface area contributed by atoms with E-state index in [0.717, 1.165) is 6.42 Å². The molecule has 1 heterocycles. The minimum atomic E-state index is -2.65. The molecule has 1 fully saturated rings. The third kappa shape index (κ3) is 3.30. The van der Waals surface area contributed by atoms with Crippen LogP contribution in [0.4, 0.5) is 0 Å².